The molecule has 2 nitrogen and oxygen atoms in total. The van der Waals surface area contributed by atoms with Gasteiger partial charge in [-0.1, -0.05) is 0 Å². The van der Waals surface area contributed by atoms with Crippen LogP contribution in [0.15, 0.2) is 54.6 Å². The summed E-state index contributed by atoms with van der Waals surface area (Å²) in [6, 6.07) is 17.8. The van der Waals surface area contributed by atoms with Gasteiger partial charge in [0.25, 0.3) is 0 Å². The molecule has 0 saturated carbocycles. The van der Waals surface area contributed by atoms with Crippen LogP contribution in [0.3, 0.4) is 0 Å². The molecule has 0 aliphatic rings. The molecule has 15 heavy (non-hydrogen) atoms. The van der Waals surface area contributed by atoms with Crippen molar-refractivity contribution < 1.29 is 21.9 Å². The Labute approximate surface area is 101 Å². The predicted octanol–water partition coefficient (Wildman–Crippen LogP) is 2.05. The van der Waals surface area contributed by atoms with Gasteiger partial charge in [-0.3, -0.25) is 4.79 Å². The Morgan fingerprint density at radius 3 is 2.13 bits per heavy atom. The van der Waals surface area contributed by atoms with Crippen molar-refractivity contribution in [3.8, 4) is 0 Å². The first-order valence-electron chi connectivity index (χ1n) is 4.48. The fourth-order valence-electron chi connectivity index (χ4n) is 1.01. The Bertz CT molecular complexity index is 296. The molecule has 0 unspecified atom stereocenters. The van der Waals surface area contributed by atoms with Crippen molar-refractivity contribution in [2.24, 2.45) is 0 Å². The predicted molar refractivity (Wildman–Crippen MR) is 57.0 cm³/mol. The summed E-state index contributed by atoms with van der Waals surface area (Å²) in [5, 5.41) is 2.57. The molecule has 0 heterocycles. The maximum absolute atomic E-state index is 9.79. The van der Waals surface area contributed by atoms with Gasteiger partial charge in [-0.2, -0.15) is 30.3 Å². The van der Waals surface area contributed by atoms with Crippen molar-refractivity contribution in [2.75, 3.05) is 0 Å². The van der Waals surface area contributed by atoms with Crippen molar-refractivity contribution >= 4 is 6.41 Å². The van der Waals surface area contributed by atoms with Crippen LogP contribution in [0.2, 0.25) is 0 Å². The molecule has 2 rings (SSSR count). The van der Waals surface area contributed by atoms with E-state index in [1.54, 1.807) is 0 Å². The zero-order valence-corrected chi connectivity index (χ0v) is 9.35. The molecule has 0 saturated heterocycles. The maximum atomic E-state index is 9.79. The molecule has 0 aliphatic heterocycles. The fraction of sp³-hybridized carbons (Fsp3) is 0.0833. The molecule has 1 amide bonds. The first-order valence-corrected chi connectivity index (χ1v) is 4.48. The first kappa shape index (κ1) is 13.7. The number of nitrogens with one attached hydrogen (secondary N) is 1. The fourth-order valence-corrected chi connectivity index (χ4v) is 1.01. The van der Waals surface area contributed by atoms with E-state index in [9.17, 15) is 4.79 Å². The number of hydrogen-bond donors (Lipinski definition) is 1. The Balaban J connectivity index is 0.000000280. The van der Waals surface area contributed by atoms with Crippen LogP contribution in [-0.4, -0.2) is 6.41 Å². The second-order valence-corrected chi connectivity index (χ2v) is 2.75. The summed E-state index contributed by atoms with van der Waals surface area (Å²) in [6.07, 6.45) is 0.701. The Kier molecular flexibility index (Phi) is 8.44. The SMILES string of the molecule is O=CNC[c-]1cccc1.[Fe+2].c1cc[cH-]c1. The van der Waals surface area contributed by atoms with Crippen molar-refractivity contribution in [1.29, 1.82) is 0 Å². The van der Waals surface area contributed by atoms with Gasteiger partial charge in [0.2, 0.25) is 6.41 Å². The third kappa shape index (κ3) is 6.72. The van der Waals surface area contributed by atoms with Gasteiger partial charge in [0, 0.05) is 0 Å². The van der Waals surface area contributed by atoms with Gasteiger partial charge in [-0.05, 0) is 6.54 Å². The normalized spacial score (nSPS) is 8.00. The van der Waals surface area contributed by atoms with E-state index in [0.29, 0.717) is 13.0 Å². The minimum absolute atomic E-state index is 0. The van der Waals surface area contributed by atoms with E-state index >= 15 is 0 Å². The van der Waals surface area contributed by atoms with Gasteiger partial charge in [0.1, 0.15) is 0 Å². The number of hydrogen-bond acceptors (Lipinski definition) is 1. The number of rotatable bonds is 3. The summed E-state index contributed by atoms with van der Waals surface area (Å²) in [5.41, 5.74) is 1.14. The molecule has 3 heteroatoms. The summed E-state index contributed by atoms with van der Waals surface area (Å²) in [4.78, 5) is 9.79. The minimum Gasteiger partial charge on any atom is -0.366 e. The second kappa shape index (κ2) is 9.25. The molecule has 0 radical (unpaired) electrons. The van der Waals surface area contributed by atoms with Crippen LogP contribution in [0.4, 0.5) is 0 Å². The van der Waals surface area contributed by atoms with Gasteiger partial charge in [0.05, 0.1) is 0 Å². The van der Waals surface area contributed by atoms with Gasteiger partial charge in [-0.25, -0.2) is 24.3 Å². The standard InChI is InChI=1S/C7H8NO.C5H5.Fe/c9-6-8-5-7-3-1-2-4-7;1-2-4-5-3-1;/h1-4,6H,5H2,(H,8,9);1-5H;/q2*-1;+2. The van der Waals surface area contributed by atoms with Crippen LogP contribution in [0.25, 0.3) is 0 Å². The Morgan fingerprint density at radius 2 is 1.73 bits per heavy atom. The van der Waals surface area contributed by atoms with Crippen LogP contribution >= 0.6 is 0 Å². The largest absolute Gasteiger partial charge is 2.00 e. The van der Waals surface area contributed by atoms with Crippen LogP contribution in [-0.2, 0) is 28.4 Å². The van der Waals surface area contributed by atoms with Crippen molar-refractivity contribution in [3.63, 3.8) is 0 Å². The van der Waals surface area contributed by atoms with E-state index in [2.05, 4.69) is 5.32 Å². The van der Waals surface area contributed by atoms with Gasteiger partial charge in [-0.15, -0.1) is 5.56 Å². The summed E-state index contributed by atoms with van der Waals surface area (Å²) >= 11 is 0. The molecule has 0 aliphatic carbocycles. The average Bonchev–Trinajstić information content (AvgIpc) is 2.90. The van der Waals surface area contributed by atoms with E-state index in [1.165, 1.54) is 0 Å². The molecule has 0 spiro atoms. The van der Waals surface area contributed by atoms with E-state index in [4.69, 9.17) is 0 Å². The molecular formula is C12H13FeNO. The molecular weight excluding hydrogens is 230 g/mol. The number of amides is 1. The van der Waals surface area contributed by atoms with Gasteiger partial charge < -0.3 is 5.32 Å². The molecule has 2 aromatic rings. The molecule has 1 N–H and O–H groups in total. The van der Waals surface area contributed by atoms with Crippen molar-refractivity contribution in [2.45, 2.75) is 6.54 Å². The molecule has 0 atom stereocenters. The number of carbonyl (C=O) groups is 1. The van der Waals surface area contributed by atoms with Crippen molar-refractivity contribution in [1.82, 2.24) is 5.32 Å². The van der Waals surface area contributed by atoms with E-state index in [-0.39, 0.29) is 17.1 Å². The summed E-state index contributed by atoms with van der Waals surface area (Å²) in [5.74, 6) is 0. The summed E-state index contributed by atoms with van der Waals surface area (Å²) in [6.45, 7) is 0.635. The van der Waals surface area contributed by atoms with Gasteiger partial charge >= 0.3 is 17.1 Å². The Morgan fingerprint density at radius 1 is 1.13 bits per heavy atom. The second-order valence-electron chi connectivity index (χ2n) is 2.75. The summed E-state index contributed by atoms with van der Waals surface area (Å²) < 4.78 is 0. The topological polar surface area (TPSA) is 29.1 Å². The van der Waals surface area contributed by atoms with Crippen LogP contribution < -0.4 is 5.32 Å². The van der Waals surface area contributed by atoms with E-state index < -0.39 is 0 Å². The third-order valence-electron chi connectivity index (χ3n) is 1.68. The summed E-state index contributed by atoms with van der Waals surface area (Å²) in [7, 11) is 0. The molecule has 0 fully saturated rings. The first-order chi connectivity index (χ1) is 6.93. The smallest absolute Gasteiger partial charge is 0.366 e. The zero-order valence-electron chi connectivity index (χ0n) is 8.24. The molecule has 0 bridgehead atoms. The molecule has 80 valence electrons. The van der Waals surface area contributed by atoms with Gasteiger partial charge in [0.15, 0.2) is 0 Å². The molecule has 0 aromatic heterocycles. The minimum atomic E-state index is 0. The van der Waals surface area contributed by atoms with Crippen LogP contribution in [0.1, 0.15) is 5.56 Å². The molecule has 2 aromatic carbocycles. The van der Waals surface area contributed by atoms with E-state index in [0.717, 1.165) is 5.56 Å². The monoisotopic (exact) mass is 243 g/mol. The third-order valence-corrected chi connectivity index (χ3v) is 1.68. The zero-order chi connectivity index (χ0) is 10.1. The quantitative estimate of drug-likeness (QED) is 0.499. The van der Waals surface area contributed by atoms with E-state index in [1.807, 2.05) is 54.6 Å². The Hall–Kier alpha value is -1.31. The average molecular weight is 243 g/mol. The van der Waals surface area contributed by atoms with Crippen LogP contribution in [0, 0.1) is 0 Å². The van der Waals surface area contributed by atoms with Crippen molar-refractivity contribution in [3.05, 3.63) is 60.2 Å². The maximum Gasteiger partial charge on any atom is 2.00 e. The number of carbonyl (C=O) groups excluding carboxylic acids is 1. The van der Waals surface area contributed by atoms with Crippen LogP contribution in [0.5, 0.6) is 0 Å².